The van der Waals surface area contributed by atoms with E-state index in [0.717, 1.165) is 24.8 Å². The molecule has 0 bridgehead atoms. The monoisotopic (exact) mass is 302 g/mol. The van der Waals surface area contributed by atoms with E-state index in [1.165, 1.54) is 16.2 Å². The summed E-state index contributed by atoms with van der Waals surface area (Å²) in [5, 5.41) is 14.9. The minimum Gasteiger partial charge on any atom is -0.312 e. The molecule has 3 nitrogen and oxygen atoms in total. The fraction of sp³-hybridized carbons (Fsp3) is 0.333. The molecule has 102 valence electrons. The van der Waals surface area contributed by atoms with Gasteiger partial charge in [-0.25, -0.2) is 0 Å². The maximum atomic E-state index is 12.1. The second kappa shape index (κ2) is 5.39. The van der Waals surface area contributed by atoms with Crippen molar-refractivity contribution in [2.75, 3.05) is 5.32 Å². The van der Waals surface area contributed by atoms with Gasteiger partial charge in [0, 0.05) is 4.88 Å². The van der Waals surface area contributed by atoms with E-state index in [1.807, 2.05) is 11.4 Å². The molecule has 1 atom stereocenters. The van der Waals surface area contributed by atoms with Crippen LogP contribution in [0, 0.1) is 17.2 Å². The minimum absolute atomic E-state index is 0.122. The van der Waals surface area contributed by atoms with Crippen molar-refractivity contribution in [3.63, 3.8) is 0 Å². The van der Waals surface area contributed by atoms with Gasteiger partial charge in [-0.3, -0.25) is 4.79 Å². The number of nitrogens with zero attached hydrogens (tertiary/aromatic N) is 1. The smallest absolute Gasteiger partial charge is 0.266 e. The van der Waals surface area contributed by atoms with Gasteiger partial charge in [-0.1, -0.05) is 13.0 Å². The van der Waals surface area contributed by atoms with Gasteiger partial charge in [0.2, 0.25) is 0 Å². The number of nitrogens with one attached hydrogen (secondary N) is 1. The quantitative estimate of drug-likeness (QED) is 0.909. The predicted molar refractivity (Wildman–Crippen MR) is 82.5 cm³/mol. The van der Waals surface area contributed by atoms with E-state index in [4.69, 9.17) is 0 Å². The van der Waals surface area contributed by atoms with E-state index < -0.39 is 0 Å². The highest BCUT2D eigenvalue weighted by atomic mass is 32.1. The van der Waals surface area contributed by atoms with Gasteiger partial charge >= 0.3 is 0 Å². The Hall–Kier alpha value is -1.64. The highest BCUT2D eigenvalue weighted by Crippen LogP contribution is 2.39. The molecule has 0 spiro atoms. The van der Waals surface area contributed by atoms with Gasteiger partial charge in [0.1, 0.15) is 11.1 Å². The molecule has 0 saturated heterocycles. The fourth-order valence-electron chi connectivity index (χ4n) is 2.53. The van der Waals surface area contributed by atoms with Crippen LogP contribution in [0.1, 0.15) is 39.0 Å². The van der Waals surface area contributed by atoms with E-state index in [0.29, 0.717) is 21.4 Å². The minimum atomic E-state index is -0.122. The Bertz CT molecular complexity index is 680. The molecule has 1 amide bonds. The number of fused-ring (bicyclic) bond motifs is 1. The van der Waals surface area contributed by atoms with Gasteiger partial charge in [0.15, 0.2) is 0 Å². The Morgan fingerprint density at radius 3 is 3.10 bits per heavy atom. The van der Waals surface area contributed by atoms with Gasteiger partial charge in [-0.05, 0) is 42.2 Å². The molecule has 1 N–H and O–H groups in total. The third-order valence-corrected chi connectivity index (χ3v) is 5.63. The summed E-state index contributed by atoms with van der Waals surface area (Å²) in [5.41, 5.74) is 1.82. The number of hydrogen-bond donors (Lipinski definition) is 1. The van der Waals surface area contributed by atoms with Crippen molar-refractivity contribution in [1.82, 2.24) is 0 Å². The summed E-state index contributed by atoms with van der Waals surface area (Å²) in [6.07, 6.45) is 3.09. The molecule has 1 aliphatic carbocycles. The van der Waals surface area contributed by atoms with E-state index in [2.05, 4.69) is 18.3 Å². The second-order valence-electron chi connectivity index (χ2n) is 5.10. The van der Waals surface area contributed by atoms with Crippen LogP contribution in [0.5, 0.6) is 0 Å². The van der Waals surface area contributed by atoms with Crippen LogP contribution < -0.4 is 5.32 Å². The molecule has 0 radical (unpaired) electrons. The lowest BCUT2D eigenvalue weighted by Crippen LogP contribution is -2.10. The van der Waals surface area contributed by atoms with Crippen molar-refractivity contribution in [3.8, 4) is 6.07 Å². The van der Waals surface area contributed by atoms with Crippen LogP contribution in [0.2, 0.25) is 0 Å². The number of amides is 1. The van der Waals surface area contributed by atoms with Crippen molar-refractivity contribution in [1.29, 1.82) is 5.26 Å². The summed E-state index contributed by atoms with van der Waals surface area (Å²) >= 11 is 2.97. The molecule has 2 aromatic heterocycles. The first kappa shape index (κ1) is 13.3. The fourth-order valence-corrected chi connectivity index (χ4v) is 4.50. The van der Waals surface area contributed by atoms with Crippen LogP contribution in [0.4, 0.5) is 5.00 Å². The number of nitriles is 1. The first-order chi connectivity index (χ1) is 9.69. The van der Waals surface area contributed by atoms with Gasteiger partial charge in [0.25, 0.3) is 5.91 Å². The van der Waals surface area contributed by atoms with Crippen molar-refractivity contribution in [2.24, 2.45) is 5.92 Å². The number of carbonyl (C=O) groups excluding carboxylic acids is 1. The standard InChI is InChI=1S/C15H14N2OS2/c1-9-4-5-10-11(8-16)15(20-13(10)7-9)17-14(18)12-3-2-6-19-12/h2-3,6,9H,4-5,7H2,1H3,(H,17,18)/t9-/m1/s1. The average molecular weight is 302 g/mol. The molecular weight excluding hydrogens is 288 g/mol. The second-order valence-corrected chi connectivity index (χ2v) is 7.15. The lowest BCUT2D eigenvalue weighted by Gasteiger charge is -2.17. The van der Waals surface area contributed by atoms with Crippen LogP contribution in [0.15, 0.2) is 17.5 Å². The van der Waals surface area contributed by atoms with E-state index in [-0.39, 0.29) is 5.91 Å². The van der Waals surface area contributed by atoms with Gasteiger partial charge in [-0.15, -0.1) is 22.7 Å². The largest absolute Gasteiger partial charge is 0.312 e. The zero-order valence-electron chi connectivity index (χ0n) is 11.1. The molecule has 0 aromatic carbocycles. The van der Waals surface area contributed by atoms with Gasteiger partial charge < -0.3 is 5.32 Å². The topological polar surface area (TPSA) is 52.9 Å². The lowest BCUT2D eigenvalue weighted by molar-refractivity contribution is 0.103. The Kier molecular flexibility index (Phi) is 3.60. The van der Waals surface area contributed by atoms with E-state index in [9.17, 15) is 10.1 Å². The zero-order chi connectivity index (χ0) is 14.1. The number of anilines is 1. The summed E-state index contributed by atoms with van der Waals surface area (Å²) in [5.74, 6) is 0.539. The summed E-state index contributed by atoms with van der Waals surface area (Å²) < 4.78 is 0. The third-order valence-electron chi connectivity index (χ3n) is 3.60. The SMILES string of the molecule is C[C@@H]1CCc2c(sc(NC(=O)c3cccs3)c2C#N)C1. The van der Waals surface area contributed by atoms with Crippen LogP contribution in [0.3, 0.4) is 0 Å². The first-order valence-electron chi connectivity index (χ1n) is 6.58. The zero-order valence-corrected chi connectivity index (χ0v) is 12.7. The third kappa shape index (κ3) is 2.37. The van der Waals surface area contributed by atoms with Crippen LogP contribution in [0.25, 0.3) is 0 Å². The molecule has 3 rings (SSSR count). The molecule has 0 fully saturated rings. The summed E-state index contributed by atoms with van der Waals surface area (Å²) in [6.45, 7) is 2.23. The van der Waals surface area contributed by atoms with Crippen molar-refractivity contribution >= 4 is 33.6 Å². The molecule has 2 heterocycles. The highest BCUT2D eigenvalue weighted by molar-refractivity contribution is 7.17. The predicted octanol–water partition coefficient (Wildman–Crippen LogP) is 4.06. The summed E-state index contributed by atoms with van der Waals surface area (Å²) in [4.78, 5) is 14.1. The van der Waals surface area contributed by atoms with Crippen molar-refractivity contribution in [3.05, 3.63) is 38.4 Å². The number of carbonyl (C=O) groups is 1. The number of thiophene rings is 2. The number of rotatable bonds is 2. The average Bonchev–Trinajstić information content (AvgIpc) is 3.04. The highest BCUT2D eigenvalue weighted by Gasteiger charge is 2.24. The Balaban J connectivity index is 1.91. The molecule has 0 saturated carbocycles. The molecular formula is C15H14N2OS2. The summed E-state index contributed by atoms with van der Waals surface area (Å²) in [6, 6.07) is 5.91. The van der Waals surface area contributed by atoms with Crippen molar-refractivity contribution in [2.45, 2.75) is 26.2 Å². The summed E-state index contributed by atoms with van der Waals surface area (Å²) in [7, 11) is 0. The van der Waals surface area contributed by atoms with Gasteiger partial charge in [-0.2, -0.15) is 5.26 Å². The maximum Gasteiger partial charge on any atom is 0.266 e. The molecule has 0 aliphatic heterocycles. The first-order valence-corrected chi connectivity index (χ1v) is 8.28. The van der Waals surface area contributed by atoms with Crippen LogP contribution >= 0.6 is 22.7 Å². The molecule has 20 heavy (non-hydrogen) atoms. The number of hydrogen-bond acceptors (Lipinski definition) is 4. The Morgan fingerprint density at radius 1 is 1.55 bits per heavy atom. The Morgan fingerprint density at radius 2 is 2.40 bits per heavy atom. The van der Waals surface area contributed by atoms with Gasteiger partial charge in [0.05, 0.1) is 10.4 Å². The molecule has 0 unspecified atom stereocenters. The lowest BCUT2D eigenvalue weighted by atomic mass is 9.89. The van der Waals surface area contributed by atoms with E-state index in [1.54, 1.807) is 17.4 Å². The molecule has 2 aromatic rings. The van der Waals surface area contributed by atoms with Crippen LogP contribution in [-0.4, -0.2) is 5.91 Å². The maximum absolute atomic E-state index is 12.1. The van der Waals surface area contributed by atoms with E-state index >= 15 is 0 Å². The van der Waals surface area contributed by atoms with Crippen LogP contribution in [-0.2, 0) is 12.8 Å². The normalized spacial score (nSPS) is 17.3. The molecule has 1 aliphatic rings. The van der Waals surface area contributed by atoms with Crippen molar-refractivity contribution < 1.29 is 4.79 Å². The molecule has 5 heteroatoms. The Labute approximate surface area is 125 Å².